The van der Waals surface area contributed by atoms with Crippen LogP contribution in [0.5, 0.6) is 0 Å². The number of hydrogen-bond donors (Lipinski definition) is 0. The monoisotopic (exact) mass is 299 g/mol. The van der Waals surface area contributed by atoms with E-state index in [4.69, 9.17) is 0 Å². The lowest BCUT2D eigenvalue weighted by Crippen LogP contribution is -2.38. The number of halogens is 2. The number of alkyl halides is 2. The van der Waals surface area contributed by atoms with Gasteiger partial charge in [-0.25, -0.2) is 13.8 Å². The zero-order chi connectivity index (χ0) is 15.4. The average Bonchev–Trinajstić information content (AvgIpc) is 2.42. The molecule has 6 heteroatoms. The second-order valence-electron chi connectivity index (χ2n) is 6.24. The van der Waals surface area contributed by atoms with E-state index >= 15 is 0 Å². The fraction of sp³-hybridized carbons (Fsp3) is 0.733. The van der Waals surface area contributed by atoms with Crippen molar-refractivity contribution < 1.29 is 8.78 Å². The van der Waals surface area contributed by atoms with Crippen molar-refractivity contribution in [2.45, 2.75) is 39.7 Å². The van der Waals surface area contributed by atoms with Crippen LogP contribution in [0.2, 0.25) is 0 Å². The molecule has 1 aliphatic heterocycles. The summed E-state index contributed by atoms with van der Waals surface area (Å²) in [5.74, 6) is 1.08. The summed E-state index contributed by atoms with van der Waals surface area (Å²) in [5, 5.41) is 0. The lowest BCUT2D eigenvalue weighted by Gasteiger charge is -2.33. The minimum atomic E-state index is -2.69. The number of nitrogens with zero attached hydrogens (tertiary/aromatic N) is 3. The molecule has 0 N–H and O–H groups in total. The molecule has 1 aromatic heterocycles. The summed E-state index contributed by atoms with van der Waals surface area (Å²) in [5.41, 5.74) is -0.826. The molecular formula is C15H23F2N3O. The zero-order valence-corrected chi connectivity index (χ0v) is 12.6. The quantitative estimate of drug-likeness (QED) is 0.838. The lowest BCUT2D eigenvalue weighted by atomic mass is 9.96. The number of aromatic nitrogens is 2. The van der Waals surface area contributed by atoms with Crippen LogP contribution in [0.1, 0.15) is 38.8 Å². The molecule has 0 aromatic carbocycles. The van der Waals surface area contributed by atoms with Crippen LogP contribution in [0.4, 0.5) is 8.78 Å². The van der Waals surface area contributed by atoms with Crippen molar-refractivity contribution in [3.63, 3.8) is 0 Å². The average molecular weight is 299 g/mol. The van der Waals surface area contributed by atoms with Gasteiger partial charge < -0.3 is 4.90 Å². The van der Waals surface area contributed by atoms with Crippen LogP contribution in [-0.2, 0) is 6.54 Å². The van der Waals surface area contributed by atoms with E-state index in [1.165, 1.54) is 10.9 Å². The molecule has 1 saturated heterocycles. The highest BCUT2D eigenvalue weighted by molar-refractivity contribution is 5.00. The second-order valence-corrected chi connectivity index (χ2v) is 6.24. The number of hydrogen-bond acceptors (Lipinski definition) is 3. The number of piperidine rings is 1. The van der Waals surface area contributed by atoms with E-state index in [2.05, 4.69) is 23.7 Å². The van der Waals surface area contributed by atoms with Crippen molar-refractivity contribution in [1.29, 1.82) is 0 Å². The molecule has 1 aliphatic rings. The first kappa shape index (κ1) is 16.1. The Balaban J connectivity index is 1.90. The molecule has 0 atom stereocenters. The Bertz CT molecular complexity index is 508. The van der Waals surface area contributed by atoms with Crippen molar-refractivity contribution >= 4 is 0 Å². The molecule has 21 heavy (non-hydrogen) atoms. The highest BCUT2D eigenvalue weighted by atomic mass is 19.3. The summed E-state index contributed by atoms with van der Waals surface area (Å²) in [6.45, 7) is 8.19. The van der Waals surface area contributed by atoms with Gasteiger partial charge >= 0.3 is 0 Å². The molecule has 0 bridgehead atoms. The predicted octanol–water partition coefficient (Wildman–Crippen LogP) is 2.55. The number of likely N-dealkylation sites (tertiary alicyclic amines) is 1. The van der Waals surface area contributed by atoms with Gasteiger partial charge in [-0.3, -0.25) is 9.36 Å². The molecule has 0 amide bonds. The molecule has 0 radical (unpaired) electrons. The topological polar surface area (TPSA) is 38.1 Å². The van der Waals surface area contributed by atoms with E-state index < -0.39 is 12.1 Å². The van der Waals surface area contributed by atoms with Crippen LogP contribution in [-0.4, -0.2) is 34.1 Å². The molecule has 0 unspecified atom stereocenters. The van der Waals surface area contributed by atoms with Gasteiger partial charge in [-0.05, 0) is 37.8 Å². The van der Waals surface area contributed by atoms with Gasteiger partial charge in [-0.1, -0.05) is 13.8 Å². The SMILES string of the molecule is CC(C)CN1CCC(Cn2cnc(C(F)F)cc2=O)CC1. The molecule has 0 saturated carbocycles. The zero-order valence-electron chi connectivity index (χ0n) is 12.6. The highest BCUT2D eigenvalue weighted by Crippen LogP contribution is 2.19. The first-order chi connectivity index (χ1) is 9.95. The summed E-state index contributed by atoms with van der Waals surface area (Å²) in [4.78, 5) is 17.9. The molecule has 0 spiro atoms. The van der Waals surface area contributed by atoms with Gasteiger partial charge in [0.05, 0.1) is 6.33 Å². The Morgan fingerprint density at radius 1 is 1.33 bits per heavy atom. The van der Waals surface area contributed by atoms with E-state index in [0.29, 0.717) is 18.4 Å². The predicted molar refractivity (Wildman–Crippen MR) is 77.5 cm³/mol. The highest BCUT2D eigenvalue weighted by Gasteiger charge is 2.20. The van der Waals surface area contributed by atoms with Gasteiger partial charge in [0.1, 0.15) is 5.69 Å². The largest absolute Gasteiger partial charge is 0.303 e. The Morgan fingerprint density at radius 3 is 2.52 bits per heavy atom. The van der Waals surface area contributed by atoms with Gasteiger partial charge in [0.2, 0.25) is 0 Å². The first-order valence-electron chi connectivity index (χ1n) is 7.52. The standard InChI is InChI=1S/C15H23F2N3O/c1-11(2)8-19-5-3-12(4-6-19)9-20-10-18-13(15(16)17)7-14(20)21/h7,10-12,15H,3-6,8-9H2,1-2H3. The van der Waals surface area contributed by atoms with Crippen LogP contribution in [0, 0.1) is 11.8 Å². The smallest absolute Gasteiger partial charge is 0.280 e. The molecule has 2 heterocycles. The molecule has 0 aliphatic carbocycles. The summed E-state index contributed by atoms with van der Waals surface area (Å²) >= 11 is 0. The van der Waals surface area contributed by atoms with E-state index in [1.54, 1.807) is 0 Å². The summed E-state index contributed by atoms with van der Waals surface area (Å²) in [7, 11) is 0. The fourth-order valence-corrected chi connectivity index (χ4v) is 2.84. The van der Waals surface area contributed by atoms with Crippen molar-refractivity contribution in [3.8, 4) is 0 Å². The minimum absolute atomic E-state index is 0.384. The van der Waals surface area contributed by atoms with Crippen molar-refractivity contribution in [3.05, 3.63) is 28.4 Å². The Kier molecular flexibility index (Phi) is 5.45. The third-order valence-corrected chi connectivity index (χ3v) is 3.91. The molecule has 4 nitrogen and oxygen atoms in total. The van der Waals surface area contributed by atoms with Crippen LogP contribution < -0.4 is 5.56 Å². The lowest BCUT2D eigenvalue weighted by molar-refractivity contribution is 0.144. The van der Waals surface area contributed by atoms with E-state index in [0.717, 1.165) is 38.5 Å². The van der Waals surface area contributed by atoms with Crippen molar-refractivity contribution in [2.75, 3.05) is 19.6 Å². The maximum Gasteiger partial charge on any atom is 0.280 e. The molecule has 118 valence electrons. The van der Waals surface area contributed by atoms with Crippen LogP contribution in [0.25, 0.3) is 0 Å². The van der Waals surface area contributed by atoms with Gasteiger partial charge in [-0.15, -0.1) is 0 Å². The fourth-order valence-electron chi connectivity index (χ4n) is 2.84. The van der Waals surface area contributed by atoms with Gasteiger partial charge in [-0.2, -0.15) is 0 Å². The maximum absolute atomic E-state index is 12.5. The van der Waals surface area contributed by atoms with Crippen molar-refractivity contribution in [1.82, 2.24) is 14.5 Å². The summed E-state index contributed by atoms with van der Waals surface area (Å²) in [6, 6.07) is 0.943. The normalized spacial score (nSPS) is 17.8. The Hall–Kier alpha value is -1.30. The van der Waals surface area contributed by atoms with Crippen LogP contribution in [0.3, 0.4) is 0 Å². The van der Waals surface area contributed by atoms with E-state index in [1.807, 2.05) is 0 Å². The number of rotatable bonds is 5. The van der Waals surface area contributed by atoms with Gasteiger partial charge in [0.15, 0.2) is 0 Å². The first-order valence-corrected chi connectivity index (χ1v) is 7.52. The summed E-state index contributed by atoms with van der Waals surface area (Å²) in [6.07, 6.45) is 0.641. The Labute approximate surface area is 123 Å². The second kappa shape index (κ2) is 7.11. The third kappa shape index (κ3) is 4.59. The maximum atomic E-state index is 12.5. The van der Waals surface area contributed by atoms with Crippen LogP contribution >= 0.6 is 0 Å². The summed E-state index contributed by atoms with van der Waals surface area (Å²) < 4.78 is 26.4. The molecule has 1 fully saturated rings. The third-order valence-electron chi connectivity index (χ3n) is 3.91. The molecule has 1 aromatic rings. The van der Waals surface area contributed by atoms with Gasteiger partial charge in [0.25, 0.3) is 12.0 Å². The van der Waals surface area contributed by atoms with Crippen molar-refractivity contribution in [2.24, 2.45) is 11.8 Å². The van der Waals surface area contributed by atoms with Crippen LogP contribution in [0.15, 0.2) is 17.2 Å². The molecule has 2 rings (SSSR count). The van der Waals surface area contributed by atoms with E-state index in [9.17, 15) is 13.6 Å². The minimum Gasteiger partial charge on any atom is -0.303 e. The van der Waals surface area contributed by atoms with E-state index in [-0.39, 0.29) is 5.56 Å². The van der Waals surface area contributed by atoms with Gasteiger partial charge in [0, 0.05) is 19.2 Å². The molecular weight excluding hydrogens is 276 g/mol. The Morgan fingerprint density at radius 2 is 2.00 bits per heavy atom.